The van der Waals surface area contributed by atoms with Gasteiger partial charge < -0.3 is 4.40 Å². The summed E-state index contributed by atoms with van der Waals surface area (Å²) in [6.45, 7) is 3.93. The highest BCUT2D eigenvalue weighted by molar-refractivity contribution is 5.87. The predicted molar refractivity (Wildman–Crippen MR) is 128 cm³/mol. The molecule has 1 aromatic carbocycles. The van der Waals surface area contributed by atoms with Crippen molar-refractivity contribution in [3.05, 3.63) is 83.7 Å². The van der Waals surface area contributed by atoms with E-state index in [1.165, 1.54) is 0 Å². The Bertz CT molecular complexity index is 1470. The van der Waals surface area contributed by atoms with Crippen LogP contribution in [0.4, 0.5) is 0 Å². The zero-order valence-corrected chi connectivity index (χ0v) is 19.3. The van der Waals surface area contributed by atoms with Gasteiger partial charge in [0.1, 0.15) is 17.4 Å². The van der Waals surface area contributed by atoms with Gasteiger partial charge in [-0.15, -0.1) is 0 Å². The first-order valence-electron chi connectivity index (χ1n) is 11.8. The highest BCUT2D eigenvalue weighted by Crippen LogP contribution is 2.56. The van der Waals surface area contributed by atoms with Crippen molar-refractivity contribution in [3.63, 3.8) is 0 Å². The number of rotatable bonds is 2. The van der Waals surface area contributed by atoms with Gasteiger partial charge in [0.25, 0.3) is 0 Å². The molecule has 6 heteroatoms. The molecule has 6 rings (SSSR count). The second kappa shape index (κ2) is 7.59. The molecule has 0 aliphatic heterocycles. The molecule has 4 atom stereocenters. The molecular formula is C28H25N5O. The van der Waals surface area contributed by atoms with Crippen molar-refractivity contribution in [1.29, 1.82) is 5.26 Å². The fourth-order valence-corrected chi connectivity index (χ4v) is 6.40. The number of aryl methyl sites for hydroxylation is 1. The normalized spacial score (nSPS) is 26.0. The van der Waals surface area contributed by atoms with Crippen LogP contribution in [0.25, 0.3) is 16.9 Å². The first-order chi connectivity index (χ1) is 16.5. The molecule has 3 heterocycles. The van der Waals surface area contributed by atoms with Crippen LogP contribution < -0.4 is 0 Å². The zero-order valence-electron chi connectivity index (χ0n) is 19.3. The fourth-order valence-electron chi connectivity index (χ4n) is 6.40. The Hall–Kier alpha value is -3.85. The minimum atomic E-state index is -0.640. The Labute approximate surface area is 198 Å². The highest BCUT2D eigenvalue weighted by atomic mass is 16.1. The average Bonchev–Trinajstić information content (AvgIpc) is 3.34. The molecule has 0 radical (unpaired) electrons. The predicted octanol–water partition coefficient (Wildman–Crippen LogP) is 4.70. The maximum Gasteiger partial charge on any atom is 0.153 e. The Kier molecular flexibility index (Phi) is 4.63. The van der Waals surface area contributed by atoms with Crippen molar-refractivity contribution in [2.75, 3.05) is 0 Å². The van der Waals surface area contributed by atoms with Gasteiger partial charge in [0.15, 0.2) is 5.78 Å². The van der Waals surface area contributed by atoms with Gasteiger partial charge in [0.2, 0.25) is 0 Å². The third-order valence-electron chi connectivity index (χ3n) is 7.91. The van der Waals surface area contributed by atoms with Crippen LogP contribution in [0.2, 0.25) is 0 Å². The van der Waals surface area contributed by atoms with Gasteiger partial charge in [0.05, 0.1) is 17.5 Å². The molecular weight excluding hydrogens is 422 g/mol. The standard InChI is InChI=1S/C28H25N5O/c1-17-23-10-9-22-25(19-8-11-24-30-12-13-33(24)16-19)31-18(2)32-27(22)28(23,14-20(15-29)26(17)34)21-6-4-3-5-7-21/h3-8,11-13,16-17,20,23H,9-10,14H2,1-2H3/t17-,20?,23-,28-/m0/s1. The third kappa shape index (κ3) is 2.86. The van der Waals surface area contributed by atoms with Crippen LogP contribution in [0, 0.1) is 36.0 Å². The molecule has 1 unspecified atom stereocenters. The highest BCUT2D eigenvalue weighted by Gasteiger charge is 2.56. The second-order valence-corrected chi connectivity index (χ2v) is 9.62. The number of ketones is 1. The molecule has 0 amide bonds. The lowest BCUT2D eigenvalue weighted by atomic mass is 9.51. The van der Waals surface area contributed by atoms with Gasteiger partial charge in [-0.3, -0.25) is 4.79 Å². The number of Topliss-reactive ketones (excluding diaryl/α,β-unsaturated/α-hetero) is 1. The van der Waals surface area contributed by atoms with Gasteiger partial charge >= 0.3 is 0 Å². The van der Waals surface area contributed by atoms with E-state index in [1.54, 1.807) is 6.20 Å². The van der Waals surface area contributed by atoms with E-state index >= 15 is 0 Å². The molecule has 1 saturated carbocycles. The van der Waals surface area contributed by atoms with Gasteiger partial charge in [-0.25, -0.2) is 15.0 Å². The largest absolute Gasteiger partial charge is 0.306 e. The van der Waals surface area contributed by atoms with Crippen LogP contribution >= 0.6 is 0 Å². The van der Waals surface area contributed by atoms with Gasteiger partial charge in [-0.1, -0.05) is 37.3 Å². The topological polar surface area (TPSA) is 83.9 Å². The smallest absolute Gasteiger partial charge is 0.153 e. The van der Waals surface area contributed by atoms with Crippen molar-refractivity contribution >= 4 is 11.4 Å². The summed E-state index contributed by atoms with van der Waals surface area (Å²) < 4.78 is 2.00. The van der Waals surface area contributed by atoms with Crippen LogP contribution in [0.3, 0.4) is 0 Å². The summed E-state index contributed by atoms with van der Waals surface area (Å²) in [5, 5.41) is 9.93. The van der Waals surface area contributed by atoms with Gasteiger partial charge in [-0.2, -0.15) is 5.26 Å². The first-order valence-corrected chi connectivity index (χ1v) is 11.8. The van der Waals surface area contributed by atoms with E-state index in [1.807, 2.05) is 48.7 Å². The quantitative estimate of drug-likeness (QED) is 0.445. The molecule has 168 valence electrons. The number of carbonyl (C=O) groups is 1. The van der Waals surface area contributed by atoms with Crippen LogP contribution in [0.15, 0.2) is 61.1 Å². The van der Waals surface area contributed by atoms with Crippen LogP contribution in [-0.4, -0.2) is 25.1 Å². The van der Waals surface area contributed by atoms with Crippen molar-refractivity contribution in [2.24, 2.45) is 17.8 Å². The van der Waals surface area contributed by atoms with Crippen molar-refractivity contribution in [1.82, 2.24) is 19.4 Å². The summed E-state index contributed by atoms with van der Waals surface area (Å²) >= 11 is 0. The lowest BCUT2D eigenvalue weighted by Gasteiger charge is -2.51. The monoisotopic (exact) mass is 447 g/mol. The Balaban J connectivity index is 1.64. The molecule has 2 aliphatic rings. The van der Waals surface area contributed by atoms with E-state index in [2.05, 4.69) is 35.4 Å². The van der Waals surface area contributed by atoms with E-state index in [0.29, 0.717) is 12.2 Å². The molecule has 2 aliphatic carbocycles. The van der Waals surface area contributed by atoms with Crippen molar-refractivity contribution in [3.8, 4) is 17.3 Å². The van der Waals surface area contributed by atoms with Crippen molar-refractivity contribution in [2.45, 2.75) is 38.5 Å². The molecule has 0 spiro atoms. The number of hydrogen-bond acceptors (Lipinski definition) is 5. The zero-order chi connectivity index (χ0) is 23.4. The van der Waals surface area contributed by atoms with E-state index in [9.17, 15) is 10.1 Å². The van der Waals surface area contributed by atoms with Crippen LogP contribution in [0.5, 0.6) is 0 Å². The Morgan fingerprint density at radius 1 is 1.15 bits per heavy atom. The minimum Gasteiger partial charge on any atom is -0.306 e. The summed E-state index contributed by atoms with van der Waals surface area (Å²) in [6.07, 6.45) is 7.92. The summed E-state index contributed by atoms with van der Waals surface area (Å²) in [6, 6.07) is 16.7. The molecule has 6 nitrogen and oxygen atoms in total. The average molecular weight is 448 g/mol. The lowest BCUT2D eigenvalue weighted by molar-refractivity contribution is -0.131. The van der Waals surface area contributed by atoms with Gasteiger partial charge in [-0.05, 0) is 49.8 Å². The summed E-state index contributed by atoms with van der Waals surface area (Å²) in [4.78, 5) is 27.4. The molecule has 0 saturated heterocycles. The molecule has 0 bridgehead atoms. The summed E-state index contributed by atoms with van der Waals surface area (Å²) in [7, 11) is 0. The maximum absolute atomic E-state index is 13.1. The van der Waals surface area contributed by atoms with Crippen LogP contribution in [0.1, 0.15) is 42.4 Å². The number of nitriles is 1. The molecule has 1 fully saturated rings. The number of imidazole rings is 1. The Morgan fingerprint density at radius 3 is 2.76 bits per heavy atom. The first kappa shape index (κ1) is 20.7. The summed E-state index contributed by atoms with van der Waals surface area (Å²) in [5.74, 6) is 0.0246. The number of carbonyl (C=O) groups excluding carboxylic acids is 1. The van der Waals surface area contributed by atoms with Crippen molar-refractivity contribution < 1.29 is 4.79 Å². The number of fused-ring (bicyclic) bond motifs is 4. The maximum atomic E-state index is 13.1. The number of aromatic nitrogens is 4. The van der Waals surface area contributed by atoms with E-state index in [-0.39, 0.29) is 17.6 Å². The Morgan fingerprint density at radius 2 is 1.97 bits per heavy atom. The SMILES string of the molecule is Cc1nc(-c2ccc3nccn3c2)c2c(n1)[C@]1(c3ccccc3)CC(C#N)C(=O)[C@@H](C)[C@@H]1CC2. The number of benzene rings is 1. The number of pyridine rings is 1. The van der Waals surface area contributed by atoms with E-state index < -0.39 is 11.3 Å². The van der Waals surface area contributed by atoms with E-state index in [4.69, 9.17) is 9.97 Å². The molecule has 4 aromatic rings. The third-order valence-corrected chi connectivity index (χ3v) is 7.91. The minimum absolute atomic E-state index is 0.0686. The fraction of sp³-hybridized carbons (Fsp3) is 0.321. The van der Waals surface area contributed by atoms with Gasteiger partial charge in [0, 0.05) is 41.1 Å². The molecule has 0 N–H and O–H groups in total. The lowest BCUT2D eigenvalue weighted by Crippen LogP contribution is -2.53. The number of nitrogens with zero attached hydrogens (tertiary/aromatic N) is 5. The second-order valence-electron chi connectivity index (χ2n) is 9.62. The van der Waals surface area contributed by atoms with Crippen LogP contribution in [-0.2, 0) is 16.6 Å². The number of hydrogen-bond donors (Lipinski definition) is 0. The molecule has 34 heavy (non-hydrogen) atoms. The summed E-state index contributed by atoms with van der Waals surface area (Å²) in [5.41, 5.74) is 5.60. The van der Waals surface area contributed by atoms with E-state index in [0.717, 1.165) is 46.6 Å². The molecule has 3 aromatic heterocycles.